The third kappa shape index (κ3) is 4.79. The van der Waals surface area contributed by atoms with Crippen LogP contribution in [0, 0.1) is 5.41 Å². The zero-order valence-corrected chi connectivity index (χ0v) is 19.9. The monoisotopic (exact) mass is 464 g/mol. The molecule has 0 radical (unpaired) electrons. The van der Waals surface area contributed by atoms with Crippen molar-refractivity contribution in [1.29, 1.82) is 0 Å². The summed E-state index contributed by atoms with van der Waals surface area (Å²) in [7, 11) is 0. The molecule has 2 N–H and O–H groups in total. The van der Waals surface area contributed by atoms with Gasteiger partial charge in [-0.05, 0) is 40.5 Å². The molecule has 180 valence electrons. The number of ether oxygens (including phenoxy) is 1. The van der Waals surface area contributed by atoms with Gasteiger partial charge < -0.3 is 20.1 Å². The lowest BCUT2D eigenvalue weighted by molar-refractivity contribution is -0.141. The van der Waals surface area contributed by atoms with Crippen molar-refractivity contribution in [3.05, 3.63) is 59.7 Å². The van der Waals surface area contributed by atoms with Crippen LogP contribution in [0.5, 0.6) is 0 Å². The molecule has 2 aliphatic rings. The number of carboxylic acids is 1. The second-order valence-electron chi connectivity index (χ2n) is 10.2. The molecule has 0 aromatic heterocycles. The van der Waals surface area contributed by atoms with Crippen molar-refractivity contribution in [3.63, 3.8) is 0 Å². The van der Waals surface area contributed by atoms with Crippen molar-refractivity contribution in [2.75, 3.05) is 13.2 Å². The number of nitrogens with one attached hydrogen (secondary N) is 1. The van der Waals surface area contributed by atoms with Gasteiger partial charge in [-0.15, -0.1) is 0 Å². The van der Waals surface area contributed by atoms with Crippen LogP contribution >= 0.6 is 0 Å². The third-order valence-electron chi connectivity index (χ3n) is 6.79. The van der Waals surface area contributed by atoms with Crippen molar-refractivity contribution < 1.29 is 24.2 Å². The minimum atomic E-state index is -0.929. The number of benzene rings is 2. The molecule has 0 spiro atoms. The van der Waals surface area contributed by atoms with Crippen LogP contribution in [0.25, 0.3) is 11.1 Å². The molecule has 1 fully saturated rings. The predicted octanol–water partition coefficient (Wildman–Crippen LogP) is 4.41. The highest BCUT2D eigenvalue weighted by Crippen LogP contribution is 2.44. The Morgan fingerprint density at radius 1 is 1.06 bits per heavy atom. The summed E-state index contributed by atoms with van der Waals surface area (Å²) in [5.74, 6) is -1.26. The molecule has 2 aromatic rings. The SMILES string of the molecule is CC(C)(C)[C@H](NC(=O)OCC1c2ccccc2-c2ccccc21)C(=O)N1CCC[C@H]1CC(=O)O. The first-order valence-corrected chi connectivity index (χ1v) is 11.8. The summed E-state index contributed by atoms with van der Waals surface area (Å²) in [5, 5.41) is 12.0. The Labute approximate surface area is 200 Å². The Bertz CT molecular complexity index is 1040. The van der Waals surface area contributed by atoms with E-state index >= 15 is 0 Å². The zero-order chi connectivity index (χ0) is 24.5. The van der Waals surface area contributed by atoms with Gasteiger partial charge in [0.05, 0.1) is 6.42 Å². The van der Waals surface area contributed by atoms with Crippen molar-refractivity contribution >= 4 is 18.0 Å². The van der Waals surface area contributed by atoms with E-state index in [0.29, 0.717) is 13.0 Å². The van der Waals surface area contributed by atoms with Crippen molar-refractivity contribution in [3.8, 4) is 11.1 Å². The van der Waals surface area contributed by atoms with E-state index in [1.54, 1.807) is 4.90 Å². The summed E-state index contributed by atoms with van der Waals surface area (Å²) in [5.41, 5.74) is 3.96. The minimum absolute atomic E-state index is 0.0690. The number of hydrogen-bond donors (Lipinski definition) is 2. The maximum Gasteiger partial charge on any atom is 0.407 e. The number of aliphatic carboxylic acids is 1. The third-order valence-corrected chi connectivity index (χ3v) is 6.79. The Hall–Kier alpha value is -3.35. The zero-order valence-electron chi connectivity index (χ0n) is 19.9. The summed E-state index contributed by atoms with van der Waals surface area (Å²) in [6, 6.07) is 15.1. The number of amides is 2. The lowest BCUT2D eigenvalue weighted by Gasteiger charge is -2.35. The van der Waals surface area contributed by atoms with Crippen molar-refractivity contribution in [2.45, 2.75) is 58.0 Å². The highest BCUT2D eigenvalue weighted by Gasteiger charge is 2.40. The lowest BCUT2D eigenvalue weighted by Crippen LogP contribution is -2.56. The fourth-order valence-electron chi connectivity index (χ4n) is 5.11. The van der Waals surface area contributed by atoms with Crippen LogP contribution in [0.2, 0.25) is 0 Å². The van der Waals surface area contributed by atoms with E-state index in [4.69, 9.17) is 4.74 Å². The average molecular weight is 465 g/mol. The van der Waals surface area contributed by atoms with Gasteiger partial charge in [0.1, 0.15) is 12.6 Å². The van der Waals surface area contributed by atoms with E-state index in [0.717, 1.165) is 28.7 Å². The number of likely N-dealkylation sites (tertiary alicyclic amines) is 1. The van der Waals surface area contributed by atoms with Gasteiger partial charge in [0.15, 0.2) is 0 Å². The lowest BCUT2D eigenvalue weighted by atomic mass is 9.85. The molecule has 4 rings (SSSR count). The molecule has 1 aliphatic carbocycles. The van der Waals surface area contributed by atoms with Crippen LogP contribution in [0.3, 0.4) is 0 Å². The van der Waals surface area contributed by atoms with Crippen molar-refractivity contribution in [1.82, 2.24) is 10.2 Å². The van der Waals surface area contributed by atoms with Crippen LogP contribution in [0.15, 0.2) is 48.5 Å². The number of carbonyl (C=O) groups excluding carboxylic acids is 2. The predicted molar refractivity (Wildman–Crippen MR) is 128 cm³/mol. The van der Waals surface area contributed by atoms with E-state index in [9.17, 15) is 19.5 Å². The number of hydrogen-bond acceptors (Lipinski definition) is 4. The Morgan fingerprint density at radius 2 is 1.65 bits per heavy atom. The molecular formula is C27H32N2O5. The standard InChI is InChI=1S/C27H32N2O5/c1-27(2,3)24(25(32)29-14-8-9-17(29)15-23(30)31)28-26(33)34-16-22-20-12-6-4-10-18(20)19-11-5-7-13-21(19)22/h4-7,10-13,17,22,24H,8-9,14-16H2,1-3H3,(H,28,33)(H,30,31)/t17-,24+/m0/s1. The fraction of sp³-hybridized carbons (Fsp3) is 0.444. The van der Waals surface area contributed by atoms with Crippen molar-refractivity contribution in [2.24, 2.45) is 5.41 Å². The van der Waals surface area contributed by atoms with Gasteiger partial charge in [0, 0.05) is 18.5 Å². The molecule has 0 unspecified atom stereocenters. The summed E-state index contributed by atoms with van der Waals surface area (Å²) in [6.45, 7) is 6.29. The molecule has 7 nitrogen and oxygen atoms in total. The van der Waals surface area contributed by atoms with Gasteiger partial charge in [-0.1, -0.05) is 69.3 Å². The van der Waals surface area contributed by atoms with Crippen LogP contribution in [0.1, 0.15) is 57.1 Å². The minimum Gasteiger partial charge on any atom is -0.481 e. The maximum absolute atomic E-state index is 13.4. The van der Waals surface area contributed by atoms with Gasteiger partial charge in [-0.3, -0.25) is 9.59 Å². The fourth-order valence-corrected chi connectivity index (χ4v) is 5.11. The number of carbonyl (C=O) groups is 3. The quantitative estimate of drug-likeness (QED) is 0.660. The van der Waals surface area contributed by atoms with E-state index in [-0.39, 0.29) is 30.9 Å². The molecule has 2 atom stereocenters. The summed E-state index contributed by atoms with van der Waals surface area (Å²) in [4.78, 5) is 39.1. The molecule has 0 bridgehead atoms. The Balaban J connectivity index is 1.45. The molecule has 34 heavy (non-hydrogen) atoms. The van der Waals surface area contributed by atoms with E-state index in [1.165, 1.54) is 0 Å². The highest BCUT2D eigenvalue weighted by molar-refractivity contribution is 5.87. The maximum atomic E-state index is 13.4. The molecular weight excluding hydrogens is 432 g/mol. The van der Waals surface area contributed by atoms with Gasteiger partial charge in [0.2, 0.25) is 5.91 Å². The number of rotatable bonds is 6. The molecule has 7 heteroatoms. The Morgan fingerprint density at radius 3 is 2.21 bits per heavy atom. The van der Waals surface area contributed by atoms with E-state index in [1.807, 2.05) is 45.0 Å². The first-order valence-electron chi connectivity index (χ1n) is 11.8. The summed E-state index contributed by atoms with van der Waals surface area (Å²) < 4.78 is 5.65. The van der Waals surface area contributed by atoms with Crippen LogP contribution in [0.4, 0.5) is 4.79 Å². The van der Waals surface area contributed by atoms with Gasteiger partial charge in [-0.25, -0.2) is 4.79 Å². The summed E-state index contributed by atoms with van der Waals surface area (Å²) in [6.07, 6.45) is 0.669. The average Bonchev–Trinajstić information content (AvgIpc) is 3.37. The van der Waals surface area contributed by atoms with E-state index < -0.39 is 23.5 Å². The smallest absolute Gasteiger partial charge is 0.407 e. The molecule has 2 aromatic carbocycles. The normalized spacial score (nSPS) is 18.2. The summed E-state index contributed by atoms with van der Waals surface area (Å²) >= 11 is 0. The number of carboxylic acid groups (broad SMARTS) is 1. The number of fused-ring (bicyclic) bond motifs is 3. The molecule has 1 saturated heterocycles. The first kappa shape index (κ1) is 23.8. The molecule has 2 amide bonds. The topological polar surface area (TPSA) is 95.9 Å². The second kappa shape index (κ2) is 9.49. The first-order chi connectivity index (χ1) is 16.2. The molecule has 1 heterocycles. The van der Waals surface area contributed by atoms with Gasteiger partial charge >= 0.3 is 12.1 Å². The van der Waals surface area contributed by atoms with Gasteiger partial charge in [-0.2, -0.15) is 0 Å². The van der Waals surface area contributed by atoms with Gasteiger partial charge in [0.25, 0.3) is 0 Å². The number of alkyl carbamates (subject to hydrolysis) is 1. The van der Waals surface area contributed by atoms with Crippen LogP contribution < -0.4 is 5.32 Å². The highest BCUT2D eigenvalue weighted by atomic mass is 16.5. The Kier molecular flexibility index (Phi) is 6.64. The van der Waals surface area contributed by atoms with E-state index in [2.05, 4.69) is 29.6 Å². The molecule has 0 saturated carbocycles. The second-order valence-corrected chi connectivity index (χ2v) is 10.2. The van der Waals surface area contributed by atoms with Crippen LogP contribution in [-0.4, -0.2) is 53.2 Å². The largest absolute Gasteiger partial charge is 0.481 e. The number of nitrogens with zero attached hydrogens (tertiary/aromatic N) is 1. The van der Waals surface area contributed by atoms with Crippen LogP contribution in [-0.2, 0) is 14.3 Å². The molecule has 1 aliphatic heterocycles.